The smallest absolute Gasteiger partial charge is 0.118 e. The van der Waals surface area contributed by atoms with Gasteiger partial charge < -0.3 is 9.47 Å². The molecule has 0 aliphatic carbocycles. The fraction of sp³-hybridized carbons (Fsp3) is 0.0769. The van der Waals surface area contributed by atoms with Crippen LogP contribution in [0.3, 0.4) is 0 Å². The van der Waals surface area contributed by atoms with Crippen molar-refractivity contribution in [3.63, 3.8) is 0 Å². The predicted molar refractivity (Wildman–Crippen MR) is 111 cm³/mol. The van der Waals surface area contributed by atoms with Gasteiger partial charge in [-0.3, -0.25) is 0 Å². The first kappa shape index (κ1) is 19.7. The molecule has 0 saturated carbocycles. The highest BCUT2D eigenvalue weighted by Crippen LogP contribution is 2.10. The van der Waals surface area contributed by atoms with Crippen molar-refractivity contribution >= 4 is 0 Å². The second-order valence-electron chi connectivity index (χ2n) is 4.96. The summed E-state index contributed by atoms with van der Waals surface area (Å²) in [4.78, 5) is 0. The van der Waals surface area contributed by atoms with Gasteiger partial charge in [0.05, 0.1) is 14.2 Å². The summed E-state index contributed by atoms with van der Waals surface area (Å²) in [5.74, 6) is 33.7. The molecule has 0 heterocycles. The summed E-state index contributed by atoms with van der Waals surface area (Å²) in [5.41, 5.74) is 1.71. The molecule has 0 radical (unpaired) electrons. The molecule has 2 heteroatoms. The molecule has 2 nitrogen and oxygen atoms in total. The number of hydrogen-bond donors (Lipinski definition) is 0. The van der Waals surface area contributed by atoms with Gasteiger partial charge in [-0.1, -0.05) is 11.8 Å². The molecule has 0 N–H and O–H groups in total. The summed E-state index contributed by atoms with van der Waals surface area (Å²) in [6, 6.07) is 14.8. The topological polar surface area (TPSA) is 18.5 Å². The van der Waals surface area contributed by atoms with Crippen LogP contribution in [-0.2, 0) is 0 Å². The Kier molecular flexibility index (Phi) is 8.36. The third-order valence-corrected chi connectivity index (χ3v) is 3.16. The van der Waals surface area contributed by atoms with E-state index in [0.29, 0.717) is 0 Å². The van der Waals surface area contributed by atoms with Crippen molar-refractivity contribution in [3.8, 4) is 82.5 Å². The van der Waals surface area contributed by atoms with Gasteiger partial charge in [-0.2, -0.15) is 0 Å². The van der Waals surface area contributed by atoms with Crippen molar-refractivity contribution in [2.75, 3.05) is 14.2 Å². The second kappa shape index (κ2) is 11.9. The molecule has 0 saturated heterocycles. The third kappa shape index (κ3) is 7.53. The zero-order valence-electron chi connectivity index (χ0n) is 15.4. The van der Waals surface area contributed by atoms with E-state index in [4.69, 9.17) is 9.47 Å². The summed E-state index contributed by atoms with van der Waals surface area (Å²) >= 11 is 0. The Labute approximate surface area is 166 Å². The summed E-state index contributed by atoms with van der Waals surface area (Å²) in [5, 5.41) is 0. The Hall–Kier alpha value is -4.60. The monoisotopic (exact) mass is 358 g/mol. The summed E-state index contributed by atoms with van der Waals surface area (Å²) in [6.07, 6.45) is 0. The van der Waals surface area contributed by atoms with Crippen LogP contribution in [0.4, 0.5) is 0 Å². The maximum Gasteiger partial charge on any atom is 0.118 e. The van der Waals surface area contributed by atoms with E-state index < -0.39 is 0 Å². The van der Waals surface area contributed by atoms with E-state index in [1.165, 1.54) is 0 Å². The van der Waals surface area contributed by atoms with Gasteiger partial charge in [0, 0.05) is 11.1 Å². The van der Waals surface area contributed by atoms with Crippen LogP contribution in [0.2, 0.25) is 0 Å². The van der Waals surface area contributed by atoms with Crippen LogP contribution in [0.25, 0.3) is 0 Å². The van der Waals surface area contributed by atoms with Gasteiger partial charge in [-0.25, -0.2) is 0 Å². The lowest BCUT2D eigenvalue weighted by Crippen LogP contribution is -1.81. The van der Waals surface area contributed by atoms with Crippen molar-refractivity contribution in [1.82, 2.24) is 0 Å². The molecule has 0 atom stereocenters. The number of benzene rings is 2. The highest BCUT2D eigenvalue weighted by atomic mass is 16.5. The zero-order chi connectivity index (χ0) is 19.9. The van der Waals surface area contributed by atoms with Crippen molar-refractivity contribution in [3.05, 3.63) is 59.7 Å². The Morgan fingerprint density at radius 1 is 0.429 bits per heavy atom. The molecular weight excluding hydrogens is 344 g/mol. The summed E-state index contributed by atoms with van der Waals surface area (Å²) < 4.78 is 10.2. The molecule has 2 rings (SSSR count). The SMILES string of the molecule is COc1ccc(C#CC#CC#CC#CC#CC#Cc2ccc(OC)cc2)cc1. The number of methoxy groups -OCH3 is 2. The standard InChI is InChI=1S/C26H14O2/c1-27-25-19-15-23(16-20-25)13-11-9-7-5-3-4-6-8-10-12-14-24-17-21-26(28-2)22-18-24/h15-22H,1-2H3. The Morgan fingerprint density at radius 2 is 0.714 bits per heavy atom. The van der Waals surface area contributed by atoms with E-state index in [2.05, 4.69) is 71.0 Å². The van der Waals surface area contributed by atoms with Crippen molar-refractivity contribution in [1.29, 1.82) is 0 Å². The van der Waals surface area contributed by atoms with E-state index in [-0.39, 0.29) is 0 Å². The molecule has 2 aromatic rings. The lowest BCUT2D eigenvalue weighted by Gasteiger charge is -1.96. The maximum absolute atomic E-state index is 5.08. The molecule has 28 heavy (non-hydrogen) atoms. The fourth-order valence-electron chi connectivity index (χ4n) is 1.81. The number of ether oxygens (including phenoxy) is 2. The first-order valence-electron chi connectivity index (χ1n) is 8.12. The van der Waals surface area contributed by atoms with Crippen molar-refractivity contribution in [2.24, 2.45) is 0 Å². The largest absolute Gasteiger partial charge is 0.497 e. The van der Waals surface area contributed by atoms with Crippen LogP contribution in [0.1, 0.15) is 11.1 Å². The Bertz CT molecular complexity index is 1080. The van der Waals surface area contributed by atoms with Gasteiger partial charge >= 0.3 is 0 Å². The van der Waals surface area contributed by atoms with E-state index >= 15 is 0 Å². The van der Waals surface area contributed by atoms with Gasteiger partial charge in [0.2, 0.25) is 0 Å². The minimum absolute atomic E-state index is 0.788. The van der Waals surface area contributed by atoms with Crippen molar-refractivity contribution < 1.29 is 9.47 Å². The molecular formula is C26H14O2. The molecule has 0 aliphatic heterocycles. The van der Waals surface area contributed by atoms with Gasteiger partial charge in [0.25, 0.3) is 0 Å². The predicted octanol–water partition coefficient (Wildman–Crippen LogP) is 3.12. The number of hydrogen-bond acceptors (Lipinski definition) is 2. The molecule has 0 aliphatic rings. The maximum atomic E-state index is 5.08. The number of rotatable bonds is 2. The first-order chi connectivity index (χ1) is 13.8. The summed E-state index contributed by atoms with van der Waals surface area (Å²) in [6.45, 7) is 0. The molecule has 130 valence electrons. The lowest BCUT2D eigenvalue weighted by atomic mass is 10.2. The third-order valence-electron chi connectivity index (χ3n) is 3.16. The minimum Gasteiger partial charge on any atom is -0.497 e. The highest BCUT2D eigenvalue weighted by molar-refractivity contribution is 5.48. The van der Waals surface area contributed by atoms with E-state index in [1.807, 2.05) is 48.5 Å². The molecule has 0 unspecified atom stereocenters. The van der Waals surface area contributed by atoms with E-state index in [9.17, 15) is 0 Å². The average Bonchev–Trinajstić information content (AvgIpc) is 2.75. The average molecular weight is 358 g/mol. The zero-order valence-corrected chi connectivity index (χ0v) is 15.4. The molecule has 0 spiro atoms. The Balaban J connectivity index is 1.83. The molecule has 2 aromatic carbocycles. The van der Waals surface area contributed by atoms with E-state index in [1.54, 1.807) is 14.2 Å². The normalized spacial score (nSPS) is 7.36. The summed E-state index contributed by atoms with van der Waals surface area (Å²) in [7, 11) is 3.24. The van der Waals surface area contributed by atoms with Crippen LogP contribution in [0.5, 0.6) is 11.5 Å². The van der Waals surface area contributed by atoms with Crippen LogP contribution in [0.15, 0.2) is 48.5 Å². The lowest BCUT2D eigenvalue weighted by molar-refractivity contribution is 0.414. The van der Waals surface area contributed by atoms with Gasteiger partial charge in [0.15, 0.2) is 0 Å². The molecule has 0 bridgehead atoms. The van der Waals surface area contributed by atoms with Crippen molar-refractivity contribution in [2.45, 2.75) is 0 Å². The van der Waals surface area contributed by atoms with Crippen LogP contribution >= 0.6 is 0 Å². The fourth-order valence-corrected chi connectivity index (χ4v) is 1.81. The highest BCUT2D eigenvalue weighted by Gasteiger charge is 1.89. The molecule has 0 fully saturated rings. The van der Waals surface area contributed by atoms with E-state index in [0.717, 1.165) is 22.6 Å². The molecule has 0 aromatic heterocycles. The quantitative estimate of drug-likeness (QED) is 0.768. The van der Waals surface area contributed by atoms with Gasteiger partial charge in [0.1, 0.15) is 11.5 Å². The van der Waals surface area contributed by atoms with Crippen LogP contribution < -0.4 is 9.47 Å². The minimum atomic E-state index is 0.788. The Morgan fingerprint density at radius 3 is 1.00 bits per heavy atom. The van der Waals surface area contributed by atoms with Gasteiger partial charge in [-0.05, 0) is 108 Å². The second-order valence-corrected chi connectivity index (χ2v) is 4.96. The van der Waals surface area contributed by atoms with Gasteiger partial charge in [-0.15, -0.1) is 0 Å². The van der Waals surface area contributed by atoms with Crippen LogP contribution in [-0.4, -0.2) is 14.2 Å². The first-order valence-corrected chi connectivity index (χ1v) is 8.12. The van der Waals surface area contributed by atoms with Crippen LogP contribution in [0, 0.1) is 71.0 Å². The molecule has 0 amide bonds.